The first kappa shape index (κ1) is 26.6. The van der Waals surface area contributed by atoms with Crippen molar-refractivity contribution in [2.75, 3.05) is 13.2 Å². The van der Waals surface area contributed by atoms with E-state index in [1.807, 2.05) is 36.4 Å². The zero-order valence-electron chi connectivity index (χ0n) is 22.2. The standard InChI is InChI=1S/C28H36N4O5/c1-6-7-8-15-35-22-12-11-19-16-21(10-9-20(19)17-22)25-30-26(37-31-25)24-23(33)13-14-32(24)18(2)29-27(34)36-28(3,4)5/h9-12,16-17,23-24,33H,6-8,13-15H2,1-5H3/t23-,24-/m0/s1. The normalized spacial score (nSPS) is 18.4. The van der Waals surface area contributed by atoms with Crippen LogP contribution in [-0.4, -0.2) is 56.9 Å². The van der Waals surface area contributed by atoms with Crippen LogP contribution >= 0.6 is 0 Å². The third kappa shape index (κ3) is 6.65. The van der Waals surface area contributed by atoms with Gasteiger partial charge in [0.2, 0.25) is 5.82 Å². The van der Waals surface area contributed by atoms with Crippen LogP contribution in [0.25, 0.3) is 22.2 Å². The molecule has 1 N–H and O–H groups in total. The summed E-state index contributed by atoms with van der Waals surface area (Å²) in [5.41, 5.74) is 0.159. The van der Waals surface area contributed by atoms with Crippen LogP contribution in [0.2, 0.25) is 0 Å². The van der Waals surface area contributed by atoms with Gasteiger partial charge >= 0.3 is 6.09 Å². The Hall–Kier alpha value is -3.46. The summed E-state index contributed by atoms with van der Waals surface area (Å²) >= 11 is 0. The molecule has 1 amide bonds. The Morgan fingerprint density at radius 3 is 2.70 bits per heavy atom. The van der Waals surface area contributed by atoms with E-state index >= 15 is 0 Å². The smallest absolute Gasteiger partial charge is 0.435 e. The summed E-state index contributed by atoms with van der Waals surface area (Å²) in [4.78, 5) is 22.6. The highest BCUT2D eigenvalue weighted by Crippen LogP contribution is 2.33. The number of aromatic nitrogens is 2. The van der Waals surface area contributed by atoms with Gasteiger partial charge < -0.3 is 24.0 Å². The molecule has 0 aliphatic carbocycles. The second-order valence-electron chi connectivity index (χ2n) is 10.4. The minimum Gasteiger partial charge on any atom is -0.494 e. The molecule has 0 saturated carbocycles. The van der Waals surface area contributed by atoms with Gasteiger partial charge in [0.05, 0.1) is 12.7 Å². The number of hydrogen-bond acceptors (Lipinski definition) is 7. The summed E-state index contributed by atoms with van der Waals surface area (Å²) in [6.45, 7) is 10.5. The van der Waals surface area contributed by atoms with Crippen LogP contribution in [0.15, 0.2) is 45.9 Å². The lowest BCUT2D eigenvalue weighted by molar-refractivity contribution is 0.0599. The number of ether oxygens (including phenoxy) is 2. The third-order valence-corrected chi connectivity index (χ3v) is 6.21. The van der Waals surface area contributed by atoms with Crippen molar-refractivity contribution >= 4 is 22.7 Å². The number of likely N-dealkylation sites (tertiary alicyclic amines) is 1. The van der Waals surface area contributed by atoms with E-state index in [9.17, 15) is 9.90 Å². The summed E-state index contributed by atoms with van der Waals surface area (Å²) in [6.07, 6.45) is 2.45. The topological polar surface area (TPSA) is 110 Å². The van der Waals surface area contributed by atoms with Gasteiger partial charge in [-0.2, -0.15) is 9.98 Å². The number of amides is 1. The van der Waals surface area contributed by atoms with Crippen molar-refractivity contribution in [1.82, 2.24) is 15.0 Å². The Bertz CT molecular complexity index is 1260. The minimum absolute atomic E-state index is 0.273. The maximum atomic E-state index is 12.2. The molecule has 1 aliphatic heterocycles. The molecule has 4 rings (SSSR count). The molecule has 37 heavy (non-hydrogen) atoms. The molecule has 0 bridgehead atoms. The summed E-state index contributed by atoms with van der Waals surface area (Å²) in [5, 5.41) is 16.9. The van der Waals surface area contributed by atoms with Crippen LogP contribution in [0.1, 0.15) is 72.2 Å². The molecule has 0 unspecified atom stereocenters. The van der Waals surface area contributed by atoms with Gasteiger partial charge in [0.25, 0.3) is 5.89 Å². The highest BCUT2D eigenvalue weighted by molar-refractivity contribution is 5.91. The monoisotopic (exact) mass is 508 g/mol. The lowest BCUT2D eigenvalue weighted by atomic mass is 10.1. The molecule has 1 fully saturated rings. The Balaban J connectivity index is 1.50. The zero-order valence-corrected chi connectivity index (χ0v) is 22.2. The van der Waals surface area contributed by atoms with Gasteiger partial charge in [-0.15, -0.1) is 0 Å². The van der Waals surface area contributed by atoms with Gasteiger partial charge in [-0.25, -0.2) is 4.79 Å². The van der Waals surface area contributed by atoms with Crippen molar-refractivity contribution in [1.29, 1.82) is 0 Å². The molecule has 2 heterocycles. The molecule has 1 aromatic heterocycles. The molecule has 2 atom stereocenters. The van der Waals surface area contributed by atoms with E-state index in [0.717, 1.165) is 41.5 Å². The van der Waals surface area contributed by atoms with Crippen LogP contribution in [0.3, 0.4) is 0 Å². The number of nitrogens with zero attached hydrogens (tertiary/aromatic N) is 4. The molecule has 0 radical (unpaired) electrons. The van der Waals surface area contributed by atoms with Crippen molar-refractivity contribution < 1.29 is 23.9 Å². The highest BCUT2D eigenvalue weighted by Gasteiger charge is 2.39. The summed E-state index contributed by atoms with van der Waals surface area (Å²) in [6, 6.07) is 11.4. The molecule has 9 heteroatoms. The van der Waals surface area contributed by atoms with Crippen LogP contribution in [-0.2, 0) is 4.74 Å². The van der Waals surface area contributed by atoms with Gasteiger partial charge in [0.15, 0.2) is 0 Å². The summed E-state index contributed by atoms with van der Waals surface area (Å²) in [5.74, 6) is 1.98. The number of fused-ring (bicyclic) bond motifs is 1. The highest BCUT2D eigenvalue weighted by atomic mass is 16.6. The first-order valence-corrected chi connectivity index (χ1v) is 12.9. The number of aliphatic hydroxyl groups is 1. The van der Waals surface area contributed by atoms with Crippen LogP contribution in [0, 0.1) is 0 Å². The van der Waals surface area contributed by atoms with E-state index in [2.05, 4.69) is 22.1 Å². The average molecular weight is 509 g/mol. The van der Waals surface area contributed by atoms with Crippen molar-refractivity contribution in [2.24, 2.45) is 4.99 Å². The maximum Gasteiger partial charge on any atom is 0.435 e. The fourth-order valence-electron chi connectivity index (χ4n) is 4.39. The molecule has 3 aromatic rings. The SMILES string of the molecule is CCCCCOc1ccc2cc(-c3noc([C@@H]4[C@@H](O)CCN4C(C)=NC(=O)OC(C)(C)C)n3)ccc2c1. The lowest BCUT2D eigenvalue weighted by Gasteiger charge is -2.25. The predicted octanol–water partition coefficient (Wildman–Crippen LogP) is 5.92. The average Bonchev–Trinajstić information content (AvgIpc) is 3.47. The molecule has 198 valence electrons. The largest absolute Gasteiger partial charge is 0.494 e. The first-order valence-electron chi connectivity index (χ1n) is 12.9. The number of unbranched alkanes of at least 4 members (excludes halogenated alkanes) is 2. The van der Waals surface area contributed by atoms with Crippen molar-refractivity contribution in [3.63, 3.8) is 0 Å². The van der Waals surface area contributed by atoms with Crippen LogP contribution < -0.4 is 4.74 Å². The summed E-state index contributed by atoms with van der Waals surface area (Å²) in [7, 11) is 0. The molecule has 2 aromatic carbocycles. The number of carbonyl (C=O) groups is 1. The minimum atomic E-state index is -0.732. The number of amidine groups is 1. The molecular weight excluding hydrogens is 472 g/mol. The van der Waals surface area contributed by atoms with Gasteiger partial charge in [-0.1, -0.05) is 43.1 Å². The maximum absolute atomic E-state index is 12.2. The van der Waals surface area contributed by atoms with Crippen molar-refractivity contribution in [3.8, 4) is 17.1 Å². The summed E-state index contributed by atoms with van der Waals surface area (Å²) < 4.78 is 16.7. The van der Waals surface area contributed by atoms with Crippen molar-refractivity contribution in [2.45, 2.75) is 78.0 Å². The van der Waals surface area contributed by atoms with Gasteiger partial charge in [0.1, 0.15) is 23.2 Å². The Labute approximate surface area is 217 Å². The number of rotatable bonds is 7. The third-order valence-electron chi connectivity index (χ3n) is 6.21. The van der Waals surface area contributed by atoms with Crippen LogP contribution in [0.4, 0.5) is 4.79 Å². The van der Waals surface area contributed by atoms with E-state index in [1.54, 1.807) is 32.6 Å². The Morgan fingerprint density at radius 2 is 1.95 bits per heavy atom. The fraction of sp³-hybridized carbons (Fsp3) is 0.500. The van der Waals surface area contributed by atoms with E-state index in [0.29, 0.717) is 24.6 Å². The van der Waals surface area contributed by atoms with Crippen molar-refractivity contribution in [3.05, 3.63) is 42.3 Å². The molecular formula is C28H36N4O5. The molecule has 0 spiro atoms. The predicted molar refractivity (Wildman–Crippen MR) is 142 cm³/mol. The van der Waals surface area contributed by atoms with Crippen LogP contribution in [0.5, 0.6) is 5.75 Å². The number of benzene rings is 2. The molecule has 1 aliphatic rings. The van der Waals surface area contributed by atoms with E-state index in [1.165, 1.54) is 6.42 Å². The zero-order chi connectivity index (χ0) is 26.6. The van der Waals surface area contributed by atoms with Gasteiger partial charge in [-0.05, 0) is 69.5 Å². The van der Waals surface area contributed by atoms with E-state index in [-0.39, 0.29) is 5.89 Å². The quantitative estimate of drug-likeness (QED) is 0.238. The number of hydrogen-bond donors (Lipinski definition) is 1. The molecule has 9 nitrogen and oxygen atoms in total. The van der Waals surface area contributed by atoms with Gasteiger partial charge in [-0.3, -0.25) is 0 Å². The fourth-order valence-corrected chi connectivity index (χ4v) is 4.39. The second kappa shape index (κ2) is 11.3. The molecule has 1 saturated heterocycles. The second-order valence-corrected chi connectivity index (χ2v) is 10.4. The number of carbonyl (C=O) groups excluding carboxylic acids is 1. The van der Waals surface area contributed by atoms with Gasteiger partial charge in [0, 0.05) is 12.1 Å². The lowest BCUT2D eigenvalue weighted by Crippen LogP contribution is -2.33. The Morgan fingerprint density at radius 1 is 1.19 bits per heavy atom. The van der Waals surface area contributed by atoms with E-state index < -0.39 is 23.8 Å². The number of aliphatic hydroxyl groups excluding tert-OH is 1. The van der Waals surface area contributed by atoms with E-state index in [4.69, 9.17) is 14.0 Å². The first-order chi connectivity index (χ1) is 17.6. The number of aliphatic imine (C=N–C) groups is 1. The Kier molecular flexibility index (Phi) is 8.12.